The second-order valence-electron chi connectivity index (χ2n) is 5.46. The Morgan fingerprint density at radius 3 is 2.60 bits per heavy atom. The third-order valence-electron chi connectivity index (χ3n) is 3.79. The zero-order chi connectivity index (χ0) is 14.4. The van der Waals surface area contributed by atoms with E-state index in [0.717, 1.165) is 16.5 Å². The highest BCUT2D eigenvalue weighted by atomic mass is 35.5. The van der Waals surface area contributed by atoms with Gasteiger partial charge in [-0.2, -0.15) is 0 Å². The van der Waals surface area contributed by atoms with E-state index in [2.05, 4.69) is 5.32 Å². The van der Waals surface area contributed by atoms with Gasteiger partial charge in [-0.1, -0.05) is 30.9 Å². The van der Waals surface area contributed by atoms with Crippen LogP contribution in [-0.2, 0) is 4.79 Å². The summed E-state index contributed by atoms with van der Waals surface area (Å²) in [4.78, 5) is 13.2. The summed E-state index contributed by atoms with van der Waals surface area (Å²) in [7, 11) is 0. The molecule has 0 unspecified atom stereocenters. The molecular weight excluding hydrogens is 290 g/mol. The molecular formula is C16H22ClNOS. The van der Waals surface area contributed by atoms with Gasteiger partial charge in [0, 0.05) is 16.5 Å². The molecule has 1 atom stereocenters. The van der Waals surface area contributed by atoms with Crippen molar-refractivity contribution in [1.29, 1.82) is 0 Å². The van der Waals surface area contributed by atoms with E-state index in [0.29, 0.717) is 5.92 Å². The van der Waals surface area contributed by atoms with Crippen LogP contribution in [0.4, 0.5) is 0 Å². The molecule has 2 rings (SSSR count). The predicted molar refractivity (Wildman–Crippen MR) is 86.4 cm³/mol. The fourth-order valence-corrected chi connectivity index (χ4v) is 3.57. The molecule has 1 fully saturated rings. The number of carbonyl (C=O) groups is 1. The molecule has 1 aliphatic carbocycles. The molecule has 0 heterocycles. The lowest BCUT2D eigenvalue weighted by Gasteiger charge is -2.22. The second kappa shape index (κ2) is 7.94. The van der Waals surface area contributed by atoms with Crippen LogP contribution in [0.25, 0.3) is 0 Å². The first-order valence-electron chi connectivity index (χ1n) is 7.35. The lowest BCUT2D eigenvalue weighted by atomic mass is 9.89. The summed E-state index contributed by atoms with van der Waals surface area (Å²) in [6.07, 6.45) is 6.51. The van der Waals surface area contributed by atoms with Gasteiger partial charge < -0.3 is 5.32 Å². The normalized spacial score (nSPS) is 17.7. The zero-order valence-corrected chi connectivity index (χ0v) is 13.5. The monoisotopic (exact) mass is 311 g/mol. The highest BCUT2D eigenvalue weighted by Crippen LogP contribution is 2.25. The SMILES string of the molecule is C[C@H](Sc1ccc(Cl)cc1)C(=O)NCC1CCCCC1. The maximum Gasteiger partial charge on any atom is 0.233 e. The molecule has 1 aromatic rings. The van der Waals surface area contributed by atoms with Crippen LogP contribution in [0.1, 0.15) is 39.0 Å². The fraction of sp³-hybridized carbons (Fsp3) is 0.562. The first kappa shape index (κ1) is 15.7. The first-order chi connectivity index (χ1) is 9.65. The zero-order valence-electron chi connectivity index (χ0n) is 11.9. The van der Waals surface area contributed by atoms with E-state index < -0.39 is 0 Å². The van der Waals surface area contributed by atoms with E-state index >= 15 is 0 Å². The van der Waals surface area contributed by atoms with Gasteiger partial charge in [-0.25, -0.2) is 0 Å². The summed E-state index contributed by atoms with van der Waals surface area (Å²) in [5, 5.41) is 3.75. The van der Waals surface area contributed by atoms with Crippen LogP contribution in [0.2, 0.25) is 5.02 Å². The van der Waals surface area contributed by atoms with Gasteiger partial charge in [-0.15, -0.1) is 11.8 Å². The van der Waals surface area contributed by atoms with Gasteiger partial charge in [0.25, 0.3) is 0 Å². The summed E-state index contributed by atoms with van der Waals surface area (Å²) in [6.45, 7) is 2.79. The molecule has 2 nitrogen and oxygen atoms in total. The highest BCUT2D eigenvalue weighted by molar-refractivity contribution is 8.00. The number of hydrogen-bond donors (Lipinski definition) is 1. The van der Waals surface area contributed by atoms with E-state index in [1.807, 2.05) is 31.2 Å². The Morgan fingerprint density at radius 2 is 1.95 bits per heavy atom. The number of benzene rings is 1. The van der Waals surface area contributed by atoms with Gasteiger partial charge in [0.1, 0.15) is 0 Å². The van der Waals surface area contributed by atoms with Crippen molar-refractivity contribution in [1.82, 2.24) is 5.32 Å². The molecule has 1 amide bonds. The van der Waals surface area contributed by atoms with Gasteiger partial charge in [0.05, 0.1) is 5.25 Å². The molecule has 4 heteroatoms. The van der Waals surface area contributed by atoms with Gasteiger partial charge in [-0.05, 0) is 49.9 Å². The molecule has 0 spiro atoms. The molecule has 1 N–H and O–H groups in total. The Morgan fingerprint density at radius 1 is 1.30 bits per heavy atom. The van der Waals surface area contributed by atoms with Crippen LogP contribution in [0.15, 0.2) is 29.2 Å². The Bertz CT molecular complexity index is 429. The molecule has 0 aliphatic heterocycles. The van der Waals surface area contributed by atoms with Gasteiger partial charge in [-0.3, -0.25) is 4.79 Å². The van der Waals surface area contributed by atoms with Crippen molar-refractivity contribution in [3.63, 3.8) is 0 Å². The molecule has 1 aliphatic rings. The number of amides is 1. The van der Waals surface area contributed by atoms with Crippen molar-refractivity contribution < 1.29 is 4.79 Å². The molecule has 0 aromatic heterocycles. The highest BCUT2D eigenvalue weighted by Gasteiger charge is 2.17. The van der Waals surface area contributed by atoms with Crippen LogP contribution in [0.3, 0.4) is 0 Å². The summed E-state index contributed by atoms with van der Waals surface area (Å²) < 4.78 is 0. The maximum atomic E-state index is 12.1. The minimum absolute atomic E-state index is 0.0697. The van der Waals surface area contributed by atoms with E-state index in [-0.39, 0.29) is 11.2 Å². The minimum Gasteiger partial charge on any atom is -0.355 e. The molecule has 1 aromatic carbocycles. The van der Waals surface area contributed by atoms with Crippen LogP contribution in [0, 0.1) is 5.92 Å². The average molecular weight is 312 g/mol. The van der Waals surface area contributed by atoms with E-state index in [1.165, 1.54) is 32.1 Å². The molecule has 110 valence electrons. The first-order valence-corrected chi connectivity index (χ1v) is 8.61. The smallest absolute Gasteiger partial charge is 0.233 e. The summed E-state index contributed by atoms with van der Waals surface area (Å²) in [6, 6.07) is 7.63. The van der Waals surface area contributed by atoms with E-state index in [1.54, 1.807) is 11.8 Å². The number of carbonyl (C=O) groups excluding carboxylic acids is 1. The number of rotatable bonds is 5. The van der Waals surface area contributed by atoms with Crippen LogP contribution in [0.5, 0.6) is 0 Å². The molecule has 20 heavy (non-hydrogen) atoms. The topological polar surface area (TPSA) is 29.1 Å². The third kappa shape index (κ3) is 5.02. The van der Waals surface area contributed by atoms with Crippen molar-refractivity contribution in [2.45, 2.75) is 49.2 Å². The van der Waals surface area contributed by atoms with E-state index in [4.69, 9.17) is 11.6 Å². The number of thioether (sulfide) groups is 1. The van der Waals surface area contributed by atoms with Crippen LogP contribution in [-0.4, -0.2) is 17.7 Å². The van der Waals surface area contributed by atoms with Gasteiger partial charge in [0.2, 0.25) is 5.91 Å². The number of hydrogen-bond acceptors (Lipinski definition) is 2. The lowest BCUT2D eigenvalue weighted by Crippen LogP contribution is -2.35. The lowest BCUT2D eigenvalue weighted by molar-refractivity contribution is -0.120. The van der Waals surface area contributed by atoms with Crippen molar-refractivity contribution in [2.75, 3.05) is 6.54 Å². The number of halogens is 1. The number of nitrogens with one attached hydrogen (secondary N) is 1. The van der Waals surface area contributed by atoms with Crippen molar-refractivity contribution in [3.8, 4) is 0 Å². The minimum atomic E-state index is -0.0697. The van der Waals surface area contributed by atoms with Crippen LogP contribution < -0.4 is 5.32 Å². The Hall–Kier alpha value is -0.670. The maximum absolute atomic E-state index is 12.1. The quantitative estimate of drug-likeness (QED) is 0.810. The Balaban J connectivity index is 1.75. The largest absolute Gasteiger partial charge is 0.355 e. The van der Waals surface area contributed by atoms with Crippen molar-refractivity contribution in [2.24, 2.45) is 5.92 Å². The fourth-order valence-electron chi connectivity index (χ4n) is 2.55. The van der Waals surface area contributed by atoms with Gasteiger partial charge >= 0.3 is 0 Å². The molecule has 1 saturated carbocycles. The summed E-state index contributed by atoms with van der Waals surface area (Å²) >= 11 is 7.43. The van der Waals surface area contributed by atoms with Crippen LogP contribution >= 0.6 is 23.4 Å². The average Bonchev–Trinajstić information content (AvgIpc) is 2.48. The third-order valence-corrected chi connectivity index (χ3v) is 5.15. The second-order valence-corrected chi connectivity index (χ2v) is 7.31. The predicted octanol–water partition coefficient (Wildman–Crippen LogP) is 4.52. The molecule has 0 bridgehead atoms. The van der Waals surface area contributed by atoms with Gasteiger partial charge in [0.15, 0.2) is 0 Å². The Kier molecular flexibility index (Phi) is 6.24. The van der Waals surface area contributed by atoms with Crippen molar-refractivity contribution >= 4 is 29.3 Å². The Labute approximate surface area is 130 Å². The molecule has 0 radical (unpaired) electrons. The van der Waals surface area contributed by atoms with E-state index in [9.17, 15) is 4.79 Å². The van der Waals surface area contributed by atoms with Crippen molar-refractivity contribution in [3.05, 3.63) is 29.3 Å². The summed E-state index contributed by atoms with van der Waals surface area (Å²) in [5.41, 5.74) is 0. The molecule has 0 saturated heterocycles. The standard InChI is InChI=1S/C16H22ClNOS/c1-12(20-15-9-7-14(17)8-10-15)16(19)18-11-13-5-3-2-4-6-13/h7-10,12-13H,2-6,11H2,1H3,(H,18,19)/t12-/m0/s1. The summed E-state index contributed by atoms with van der Waals surface area (Å²) in [5.74, 6) is 0.816.